The predicted molar refractivity (Wildman–Crippen MR) is 154 cm³/mol. The van der Waals surface area contributed by atoms with Crippen molar-refractivity contribution >= 4 is 31.6 Å². The molecule has 7 nitrogen and oxygen atoms in total. The molecule has 0 bridgehead atoms. The Labute approximate surface area is 252 Å². The van der Waals surface area contributed by atoms with Crippen LogP contribution in [-0.4, -0.2) is 47.5 Å². The molecule has 0 aliphatic heterocycles. The molecule has 0 radical (unpaired) electrons. The maximum absolute atomic E-state index is 11.1. The van der Waals surface area contributed by atoms with Gasteiger partial charge in [-0.1, -0.05) is 102 Å². The fraction of sp³-hybridized carbons (Fsp3) is 0.345. The van der Waals surface area contributed by atoms with E-state index in [2.05, 4.69) is 102 Å². The number of ketones is 1. The first-order chi connectivity index (χ1) is 19.6. The van der Waals surface area contributed by atoms with Crippen LogP contribution in [0.15, 0.2) is 89.5 Å². The number of alkyl halides is 6. The van der Waals surface area contributed by atoms with Gasteiger partial charge in [0.1, 0.15) is 0 Å². The van der Waals surface area contributed by atoms with Crippen molar-refractivity contribution in [3.63, 3.8) is 0 Å². The Morgan fingerprint density at radius 1 is 0.659 bits per heavy atom. The Morgan fingerprint density at radius 3 is 1.14 bits per heavy atom. The molecule has 2 N–H and O–H groups in total. The van der Waals surface area contributed by atoms with Gasteiger partial charge < -0.3 is 4.55 Å². The first-order valence-corrected chi connectivity index (χ1v) is 15.4. The number of halogens is 6. The fourth-order valence-electron chi connectivity index (χ4n) is 3.63. The van der Waals surface area contributed by atoms with Gasteiger partial charge in [-0.2, -0.15) is 34.8 Å². The van der Waals surface area contributed by atoms with Gasteiger partial charge in [-0.25, -0.2) is 8.42 Å². The molecule has 0 heterocycles. The third-order valence-corrected chi connectivity index (χ3v) is 6.87. The average Bonchev–Trinajstić information content (AvgIpc) is 2.83. The minimum atomic E-state index is -6.09. The second-order valence-electron chi connectivity index (χ2n) is 11.3. The molecule has 0 saturated heterocycles. The SMILES string of the molecule is CC(C)(C)C1=CC(=C(c2ccccc2)c2ccccc2)C=C(C(C)(C)C)C1=[OH+].O=S(=O)(O)C(F)(F)F.O=S(=O)([O-])C(F)(F)F. The zero-order valence-corrected chi connectivity index (χ0v) is 26.1. The standard InChI is InChI=1S/C27H30O.2CHF3O3S/c1-26(2,3)22-17-21(18-23(25(22)28)27(4,5)6)24(19-13-9-7-10-14-19)20-15-11-8-12-16-20;2*2-1(3,4)8(5,6)7/h7-18H,1-6H3;2*(H,5,6,7). The molecule has 0 fully saturated rings. The van der Waals surface area contributed by atoms with E-state index in [1.54, 1.807) is 0 Å². The van der Waals surface area contributed by atoms with E-state index in [0.29, 0.717) is 5.78 Å². The molecule has 0 amide bonds. The van der Waals surface area contributed by atoms with Gasteiger partial charge in [0, 0.05) is 0 Å². The highest BCUT2D eigenvalue weighted by molar-refractivity contribution is 7.86. The van der Waals surface area contributed by atoms with Crippen molar-refractivity contribution in [2.24, 2.45) is 10.8 Å². The molecule has 1 aliphatic rings. The fourth-order valence-corrected chi connectivity index (χ4v) is 3.63. The molecule has 0 atom stereocenters. The van der Waals surface area contributed by atoms with Crippen LogP contribution in [-0.2, 0) is 20.2 Å². The van der Waals surface area contributed by atoms with E-state index in [0.717, 1.165) is 16.7 Å². The van der Waals surface area contributed by atoms with Crippen LogP contribution in [0.25, 0.3) is 5.57 Å². The van der Waals surface area contributed by atoms with E-state index >= 15 is 0 Å². The van der Waals surface area contributed by atoms with E-state index in [1.165, 1.54) is 16.7 Å². The van der Waals surface area contributed by atoms with Crippen LogP contribution < -0.4 is 0 Å². The molecule has 0 unspecified atom stereocenters. The Hall–Kier alpha value is -3.27. The second kappa shape index (κ2) is 13.8. The lowest BCUT2D eigenvalue weighted by atomic mass is 9.71. The minimum absolute atomic E-state index is 0.154. The highest BCUT2D eigenvalue weighted by atomic mass is 32.2. The molecule has 1 aliphatic carbocycles. The first kappa shape index (κ1) is 38.8. The third-order valence-electron chi connectivity index (χ3n) is 5.72. The largest absolute Gasteiger partial charge is 0.741 e. The molecule has 15 heteroatoms. The Kier molecular flexibility index (Phi) is 12.1. The number of allylic oxidation sites excluding steroid dienone is 5. The Morgan fingerprint density at radius 2 is 0.932 bits per heavy atom. The van der Waals surface area contributed by atoms with Crippen molar-refractivity contribution in [2.45, 2.75) is 52.6 Å². The quantitative estimate of drug-likeness (QED) is 0.153. The molecule has 244 valence electrons. The number of hydrogen-bond donors (Lipinski definition) is 1. The highest BCUT2D eigenvalue weighted by Crippen LogP contribution is 2.41. The summed E-state index contributed by atoms with van der Waals surface area (Å²) in [6.45, 7) is 12.9. The van der Waals surface area contributed by atoms with Crippen LogP contribution in [0.2, 0.25) is 0 Å². The van der Waals surface area contributed by atoms with Gasteiger partial charge in [-0.15, -0.1) is 0 Å². The number of benzene rings is 2. The minimum Gasteiger partial charge on any atom is -0.741 e. The summed E-state index contributed by atoms with van der Waals surface area (Å²) in [6, 6.07) is 21.0. The molecule has 0 aromatic heterocycles. The van der Waals surface area contributed by atoms with Crippen LogP contribution in [0.3, 0.4) is 0 Å². The summed E-state index contributed by atoms with van der Waals surface area (Å²) >= 11 is 0. The van der Waals surface area contributed by atoms with Crippen molar-refractivity contribution in [3.05, 3.63) is 101 Å². The lowest BCUT2D eigenvalue weighted by Crippen LogP contribution is -2.28. The normalized spacial score (nSPS) is 14.8. The highest BCUT2D eigenvalue weighted by Gasteiger charge is 2.44. The van der Waals surface area contributed by atoms with Crippen molar-refractivity contribution in [1.29, 1.82) is 0 Å². The molecule has 2 aromatic carbocycles. The van der Waals surface area contributed by atoms with Gasteiger partial charge in [0.25, 0.3) is 0 Å². The molecule has 0 spiro atoms. The van der Waals surface area contributed by atoms with Gasteiger partial charge in [0.2, 0.25) is 0 Å². The van der Waals surface area contributed by atoms with E-state index in [-0.39, 0.29) is 10.8 Å². The molecule has 0 saturated carbocycles. The molecular weight excluding hydrogens is 638 g/mol. The summed E-state index contributed by atoms with van der Waals surface area (Å²) in [7, 11) is -11.9. The molecule has 44 heavy (non-hydrogen) atoms. The summed E-state index contributed by atoms with van der Waals surface area (Å²) < 4.78 is 116. The summed E-state index contributed by atoms with van der Waals surface area (Å²) in [4.78, 5) is 11.1. The second-order valence-corrected chi connectivity index (χ2v) is 14.1. The van der Waals surface area contributed by atoms with Gasteiger partial charge in [0.15, 0.2) is 10.1 Å². The van der Waals surface area contributed by atoms with E-state index in [4.69, 9.17) is 25.9 Å². The monoisotopic (exact) mass is 670 g/mol. The topological polar surface area (TPSA) is 133 Å². The van der Waals surface area contributed by atoms with Crippen molar-refractivity contribution in [3.8, 4) is 0 Å². The van der Waals surface area contributed by atoms with Crippen molar-refractivity contribution in [1.82, 2.24) is 0 Å². The van der Waals surface area contributed by atoms with Gasteiger partial charge in [-0.3, -0.25) is 9.35 Å². The molecule has 3 rings (SSSR count). The Balaban J connectivity index is 0.000000498. The van der Waals surface area contributed by atoms with Crippen LogP contribution in [0.5, 0.6) is 0 Å². The van der Waals surface area contributed by atoms with Crippen LogP contribution in [0, 0.1) is 10.8 Å². The van der Waals surface area contributed by atoms with E-state index in [1.807, 2.05) is 12.1 Å². The van der Waals surface area contributed by atoms with Crippen molar-refractivity contribution in [2.75, 3.05) is 0 Å². The van der Waals surface area contributed by atoms with Gasteiger partial charge >= 0.3 is 26.9 Å². The van der Waals surface area contributed by atoms with Crippen LogP contribution in [0.1, 0.15) is 52.7 Å². The third kappa shape index (κ3) is 11.0. The van der Waals surface area contributed by atoms with E-state index in [9.17, 15) is 31.1 Å². The van der Waals surface area contributed by atoms with Crippen LogP contribution in [0.4, 0.5) is 26.3 Å². The lowest BCUT2D eigenvalue weighted by molar-refractivity contribution is -0.0519. The lowest BCUT2D eigenvalue weighted by Gasteiger charge is -2.29. The summed E-state index contributed by atoms with van der Waals surface area (Å²) in [6.07, 6.45) is 4.33. The molecule has 2 aromatic rings. The zero-order chi connectivity index (χ0) is 34.5. The predicted octanol–water partition coefficient (Wildman–Crippen LogP) is 7.44. The Bertz CT molecular complexity index is 1500. The summed E-state index contributed by atoms with van der Waals surface area (Å²) in [5.41, 5.74) is -4.82. The van der Waals surface area contributed by atoms with Crippen LogP contribution >= 0.6 is 0 Å². The maximum Gasteiger partial charge on any atom is 0.522 e. The number of rotatable bonds is 2. The number of carbonyl (C=O) groups excluding carboxylic acids is 1. The van der Waals surface area contributed by atoms with E-state index < -0.39 is 31.3 Å². The summed E-state index contributed by atoms with van der Waals surface area (Å²) in [5, 5.41) is 0. The van der Waals surface area contributed by atoms with Crippen molar-refractivity contribution < 1.29 is 57.1 Å². The summed E-state index contributed by atoms with van der Waals surface area (Å²) in [5.74, 6) is 0.421. The zero-order valence-electron chi connectivity index (χ0n) is 24.4. The first-order valence-electron chi connectivity index (χ1n) is 12.5. The number of hydrogen-bond acceptors (Lipinski definition) is 5. The maximum atomic E-state index is 11.1. The van der Waals surface area contributed by atoms with Gasteiger partial charge in [0.05, 0.1) is 11.1 Å². The molecular formula is C29H32F6O7S2. The smallest absolute Gasteiger partial charge is 0.522 e. The average molecular weight is 671 g/mol. The van der Waals surface area contributed by atoms with Gasteiger partial charge in [-0.05, 0) is 45.3 Å².